The zero-order valence-electron chi connectivity index (χ0n) is 11.7. The Morgan fingerprint density at radius 2 is 1.70 bits per heavy atom. The van der Waals surface area contributed by atoms with Gasteiger partial charge in [-0.25, -0.2) is 0 Å². The minimum atomic E-state index is -4.41. The summed E-state index contributed by atoms with van der Waals surface area (Å²) in [6, 6.07) is 0. The molecule has 1 N–H and O–H groups in total. The summed E-state index contributed by atoms with van der Waals surface area (Å²) in [5, 5.41) is 8.68. The summed E-state index contributed by atoms with van der Waals surface area (Å²) in [6.45, 7) is 2.71. The van der Waals surface area contributed by atoms with E-state index in [2.05, 4.69) is 0 Å². The highest BCUT2D eigenvalue weighted by Crippen LogP contribution is 2.40. The van der Waals surface area contributed by atoms with Crippen molar-refractivity contribution in [3.05, 3.63) is 0 Å². The Bertz CT molecular complexity index is 372. The molecule has 0 unspecified atom stereocenters. The van der Waals surface area contributed by atoms with Crippen molar-refractivity contribution in [2.45, 2.75) is 45.7 Å². The van der Waals surface area contributed by atoms with E-state index < -0.39 is 29.9 Å². The molecule has 1 amide bonds. The van der Waals surface area contributed by atoms with Gasteiger partial charge in [-0.15, -0.1) is 0 Å². The smallest absolute Gasteiger partial charge is 0.394 e. The van der Waals surface area contributed by atoms with Crippen LogP contribution in [-0.4, -0.2) is 41.1 Å². The van der Waals surface area contributed by atoms with Crippen LogP contribution in [0.4, 0.5) is 13.2 Å². The number of carbonyl (C=O) groups is 2. The van der Waals surface area contributed by atoms with Crippen LogP contribution in [0, 0.1) is 11.3 Å². The van der Waals surface area contributed by atoms with Crippen molar-refractivity contribution in [3.63, 3.8) is 0 Å². The molecule has 0 atom stereocenters. The van der Waals surface area contributed by atoms with Gasteiger partial charge in [0.2, 0.25) is 5.91 Å². The van der Waals surface area contributed by atoms with Gasteiger partial charge in [0.05, 0.1) is 5.41 Å². The highest BCUT2D eigenvalue weighted by atomic mass is 19.4. The van der Waals surface area contributed by atoms with Gasteiger partial charge in [-0.3, -0.25) is 9.59 Å². The first-order valence-corrected chi connectivity index (χ1v) is 6.59. The summed E-state index contributed by atoms with van der Waals surface area (Å²) >= 11 is 0. The number of amides is 1. The molecule has 0 aromatic carbocycles. The molecule has 1 saturated heterocycles. The summed E-state index contributed by atoms with van der Waals surface area (Å²) in [6.07, 6.45) is -3.87. The number of hydrogen-bond acceptors (Lipinski definition) is 2. The third kappa shape index (κ3) is 4.38. The number of nitrogens with zero attached hydrogens (tertiary/aromatic N) is 1. The number of likely N-dealkylation sites (tertiary alicyclic amines) is 1. The molecule has 0 spiro atoms. The molecule has 1 rings (SSSR count). The van der Waals surface area contributed by atoms with Crippen molar-refractivity contribution in [2.24, 2.45) is 11.3 Å². The number of carbonyl (C=O) groups excluding carboxylic acids is 1. The van der Waals surface area contributed by atoms with Gasteiger partial charge in [-0.1, -0.05) is 13.8 Å². The van der Waals surface area contributed by atoms with Crippen molar-refractivity contribution in [3.8, 4) is 0 Å². The number of rotatable bonds is 4. The molecule has 1 aliphatic rings. The van der Waals surface area contributed by atoms with E-state index in [1.807, 2.05) is 0 Å². The standard InChI is InChI=1S/C13H20F3NO3/c1-12(2,13(14,15)16)8-10(18)17-5-3-9(4-6-17)7-11(19)20/h9H,3-8H2,1-2H3,(H,19,20). The summed E-state index contributed by atoms with van der Waals surface area (Å²) in [5.74, 6) is -1.39. The Hall–Kier alpha value is -1.27. The fraction of sp³-hybridized carbons (Fsp3) is 0.846. The lowest BCUT2D eigenvalue weighted by Crippen LogP contribution is -2.43. The third-order valence-electron chi connectivity index (χ3n) is 3.79. The number of aliphatic carboxylic acids is 1. The molecule has 0 saturated carbocycles. The van der Waals surface area contributed by atoms with Gasteiger partial charge in [-0.05, 0) is 18.8 Å². The number of halogens is 3. The van der Waals surface area contributed by atoms with Crippen LogP contribution in [0.25, 0.3) is 0 Å². The van der Waals surface area contributed by atoms with E-state index in [-0.39, 0.29) is 12.3 Å². The van der Waals surface area contributed by atoms with E-state index in [9.17, 15) is 22.8 Å². The zero-order chi connectivity index (χ0) is 15.6. The highest BCUT2D eigenvalue weighted by molar-refractivity contribution is 5.77. The van der Waals surface area contributed by atoms with Crippen LogP contribution in [0.1, 0.15) is 39.5 Å². The minimum absolute atomic E-state index is 0.00664. The second-order valence-corrected chi connectivity index (χ2v) is 5.98. The second-order valence-electron chi connectivity index (χ2n) is 5.98. The summed E-state index contributed by atoms with van der Waals surface area (Å²) in [5.41, 5.74) is -2.04. The fourth-order valence-electron chi connectivity index (χ4n) is 2.22. The molecule has 0 aromatic heterocycles. The predicted octanol–water partition coefficient (Wildman–Crippen LogP) is 2.68. The van der Waals surface area contributed by atoms with Crippen molar-refractivity contribution in [1.82, 2.24) is 4.90 Å². The van der Waals surface area contributed by atoms with Crippen molar-refractivity contribution in [2.75, 3.05) is 13.1 Å². The van der Waals surface area contributed by atoms with E-state index in [0.717, 1.165) is 13.8 Å². The van der Waals surface area contributed by atoms with E-state index >= 15 is 0 Å². The Morgan fingerprint density at radius 3 is 2.10 bits per heavy atom. The van der Waals surface area contributed by atoms with Gasteiger partial charge < -0.3 is 10.0 Å². The number of alkyl halides is 3. The molecule has 1 heterocycles. The predicted molar refractivity (Wildman–Crippen MR) is 66.0 cm³/mol. The second kappa shape index (κ2) is 6.01. The molecule has 1 fully saturated rings. The first-order valence-electron chi connectivity index (χ1n) is 6.59. The normalized spacial score (nSPS) is 18.1. The Morgan fingerprint density at radius 1 is 1.20 bits per heavy atom. The van der Waals surface area contributed by atoms with Crippen molar-refractivity contribution >= 4 is 11.9 Å². The number of hydrogen-bond donors (Lipinski definition) is 1. The minimum Gasteiger partial charge on any atom is -0.481 e. The van der Waals surface area contributed by atoms with Gasteiger partial charge in [0.25, 0.3) is 0 Å². The monoisotopic (exact) mass is 295 g/mol. The van der Waals surface area contributed by atoms with Crippen molar-refractivity contribution in [1.29, 1.82) is 0 Å². The molecule has 7 heteroatoms. The van der Waals surface area contributed by atoms with Crippen LogP contribution in [-0.2, 0) is 9.59 Å². The van der Waals surface area contributed by atoms with Gasteiger partial charge in [-0.2, -0.15) is 13.2 Å². The first-order chi connectivity index (χ1) is 9.03. The van der Waals surface area contributed by atoms with Gasteiger partial charge in [0.1, 0.15) is 0 Å². The van der Waals surface area contributed by atoms with Crippen LogP contribution in [0.2, 0.25) is 0 Å². The Labute approximate surface area is 115 Å². The topological polar surface area (TPSA) is 57.6 Å². The fourth-order valence-corrected chi connectivity index (χ4v) is 2.22. The lowest BCUT2D eigenvalue weighted by atomic mass is 9.87. The number of piperidine rings is 1. The first kappa shape index (κ1) is 16.8. The van der Waals surface area contributed by atoms with E-state index in [1.54, 1.807) is 0 Å². The molecule has 0 bridgehead atoms. The van der Waals surface area contributed by atoms with Gasteiger partial charge in [0.15, 0.2) is 0 Å². The quantitative estimate of drug-likeness (QED) is 0.867. The van der Waals surface area contributed by atoms with Crippen LogP contribution < -0.4 is 0 Å². The van der Waals surface area contributed by atoms with Gasteiger partial charge in [0, 0.05) is 25.9 Å². The Balaban J connectivity index is 2.49. The maximum atomic E-state index is 12.7. The average Bonchev–Trinajstić information content (AvgIpc) is 2.26. The summed E-state index contributed by atoms with van der Waals surface area (Å²) < 4.78 is 38.2. The van der Waals surface area contributed by atoms with Gasteiger partial charge >= 0.3 is 12.1 Å². The molecule has 0 radical (unpaired) electrons. The SMILES string of the molecule is CC(C)(CC(=O)N1CCC(CC(=O)O)CC1)C(F)(F)F. The van der Waals surface area contributed by atoms with Crippen LogP contribution >= 0.6 is 0 Å². The molecular formula is C13H20F3NO3. The van der Waals surface area contributed by atoms with E-state index in [0.29, 0.717) is 25.9 Å². The molecule has 4 nitrogen and oxygen atoms in total. The Kier molecular flexibility index (Phi) is 5.05. The molecule has 1 aliphatic heterocycles. The molecular weight excluding hydrogens is 275 g/mol. The molecule has 0 aromatic rings. The van der Waals surface area contributed by atoms with E-state index in [1.165, 1.54) is 4.90 Å². The average molecular weight is 295 g/mol. The maximum Gasteiger partial charge on any atom is 0.394 e. The molecule has 0 aliphatic carbocycles. The van der Waals surface area contributed by atoms with Crippen molar-refractivity contribution < 1.29 is 27.9 Å². The molecule has 116 valence electrons. The third-order valence-corrected chi connectivity index (χ3v) is 3.79. The highest BCUT2D eigenvalue weighted by Gasteiger charge is 2.48. The lowest BCUT2D eigenvalue weighted by Gasteiger charge is -2.34. The summed E-state index contributed by atoms with van der Waals surface area (Å²) in [7, 11) is 0. The number of carboxylic acid groups (broad SMARTS) is 1. The largest absolute Gasteiger partial charge is 0.481 e. The lowest BCUT2D eigenvalue weighted by molar-refractivity contribution is -0.215. The van der Waals surface area contributed by atoms with Crippen LogP contribution in [0.3, 0.4) is 0 Å². The van der Waals surface area contributed by atoms with E-state index in [4.69, 9.17) is 5.11 Å². The van der Waals surface area contributed by atoms with Crippen LogP contribution in [0.5, 0.6) is 0 Å². The summed E-state index contributed by atoms with van der Waals surface area (Å²) in [4.78, 5) is 23.9. The maximum absolute atomic E-state index is 12.7. The zero-order valence-corrected chi connectivity index (χ0v) is 11.7. The number of carboxylic acids is 1. The molecule has 20 heavy (non-hydrogen) atoms. The van der Waals surface area contributed by atoms with Crippen LogP contribution in [0.15, 0.2) is 0 Å².